The molecule has 2 fully saturated rings. The van der Waals surface area contributed by atoms with Crippen molar-refractivity contribution in [3.05, 3.63) is 0 Å². The van der Waals surface area contributed by atoms with Gasteiger partial charge in [-0.1, -0.05) is 0 Å². The van der Waals surface area contributed by atoms with Crippen LogP contribution in [0.3, 0.4) is 0 Å². The zero-order valence-corrected chi connectivity index (χ0v) is 27.8. The summed E-state index contributed by atoms with van der Waals surface area (Å²) in [6.07, 6.45) is -6.65. The number of hydrogen-bond donors (Lipinski definition) is 10. The number of methoxy groups -OCH3 is 1. The number of hydrogen-bond acceptors (Lipinski definition) is 15. The lowest BCUT2D eigenvalue weighted by Crippen LogP contribution is -2.62. The first kappa shape index (κ1) is 41.0. The van der Waals surface area contributed by atoms with E-state index >= 15 is 0 Å². The van der Waals surface area contributed by atoms with E-state index in [2.05, 4.69) is 10.6 Å². The van der Waals surface area contributed by atoms with E-state index in [9.17, 15) is 55.2 Å². The summed E-state index contributed by atoms with van der Waals surface area (Å²) in [7, 11) is 1.18. The van der Waals surface area contributed by atoms with Gasteiger partial charge in [0.05, 0.1) is 44.6 Å². The zero-order valence-electron chi connectivity index (χ0n) is 27.8. The number of rotatable bonds is 16. The van der Waals surface area contributed by atoms with Gasteiger partial charge in [0.25, 0.3) is 0 Å². The molecular weight excluding hydrogens is 624 g/mol. The zero-order chi connectivity index (χ0) is 35.5. The fraction of sp³-hybridized carbons (Fsp3) is 0.900. The summed E-state index contributed by atoms with van der Waals surface area (Å²) >= 11 is 0. The highest BCUT2D eigenvalue weighted by Crippen LogP contribution is 2.21. The largest absolute Gasteiger partial charge is 0.467 e. The Balaban J connectivity index is 2.01. The third-order valence-electron chi connectivity index (χ3n) is 8.62. The highest BCUT2D eigenvalue weighted by atomic mass is 16.6. The number of aliphatic hydroxyl groups excluding tert-OH is 8. The molecule has 17 nitrogen and oxygen atoms in total. The van der Waals surface area contributed by atoms with E-state index in [1.807, 2.05) is 0 Å². The summed E-state index contributed by atoms with van der Waals surface area (Å²) in [5.41, 5.74) is -0.840. The summed E-state index contributed by atoms with van der Waals surface area (Å²) in [5.74, 6) is -1.35. The Morgan fingerprint density at radius 1 is 0.723 bits per heavy atom. The summed E-state index contributed by atoms with van der Waals surface area (Å²) < 4.78 is 10.2. The summed E-state index contributed by atoms with van der Waals surface area (Å²) in [5, 5.41) is 85.0. The van der Waals surface area contributed by atoms with Crippen LogP contribution < -0.4 is 10.6 Å². The monoisotopic (exact) mass is 680 g/mol. The van der Waals surface area contributed by atoms with Crippen LogP contribution in [0, 0.1) is 0 Å². The Morgan fingerprint density at radius 3 is 1.57 bits per heavy atom. The molecule has 2 aliphatic rings. The van der Waals surface area contributed by atoms with Gasteiger partial charge in [0.1, 0.15) is 42.1 Å². The third-order valence-corrected chi connectivity index (χ3v) is 8.62. The Morgan fingerprint density at radius 2 is 1.17 bits per heavy atom. The molecule has 10 atom stereocenters. The van der Waals surface area contributed by atoms with Crippen molar-refractivity contribution in [2.75, 3.05) is 46.5 Å². The molecule has 2 aliphatic heterocycles. The molecule has 0 aromatic heterocycles. The van der Waals surface area contributed by atoms with Crippen molar-refractivity contribution in [3.63, 3.8) is 0 Å². The lowest BCUT2D eigenvalue weighted by atomic mass is 9.94. The van der Waals surface area contributed by atoms with Gasteiger partial charge in [-0.05, 0) is 72.4 Å². The van der Waals surface area contributed by atoms with Crippen molar-refractivity contribution in [2.45, 2.75) is 126 Å². The van der Waals surface area contributed by atoms with E-state index in [-0.39, 0.29) is 25.9 Å². The molecule has 10 N–H and O–H groups in total. The van der Waals surface area contributed by atoms with E-state index < -0.39 is 97.6 Å². The normalized spacial score (nSPS) is 30.3. The number of nitrogens with zero attached hydrogens (tertiary/aromatic N) is 2. The number of β-amino-alcohol motifs (C(OH)–C–C–N with tert-alkyl or cyclic N) is 2. The predicted molar refractivity (Wildman–Crippen MR) is 166 cm³/mol. The molecule has 4 unspecified atom stereocenters. The lowest BCUT2D eigenvalue weighted by molar-refractivity contribution is -0.146. The average Bonchev–Trinajstić information content (AvgIpc) is 3.00. The predicted octanol–water partition coefficient (Wildman–Crippen LogP) is -3.60. The fourth-order valence-electron chi connectivity index (χ4n) is 5.98. The van der Waals surface area contributed by atoms with Crippen molar-refractivity contribution < 1.29 is 64.7 Å². The van der Waals surface area contributed by atoms with Gasteiger partial charge >= 0.3 is 12.1 Å². The highest BCUT2D eigenvalue weighted by molar-refractivity contribution is 5.89. The molecule has 2 saturated heterocycles. The third kappa shape index (κ3) is 12.3. The summed E-state index contributed by atoms with van der Waals surface area (Å²) in [4.78, 5) is 41.9. The molecule has 0 aliphatic carbocycles. The molecule has 0 saturated carbocycles. The van der Waals surface area contributed by atoms with Gasteiger partial charge in [-0.3, -0.25) is 14.6 Å². The molecule has 2 heterocycles. The maximum atomic E-state index is 13.4. The lowest BCUT2D eigenvalue weighted by Gasteiger charge is -2.43. The van der Waals surface area contributed by atoms with Gasteiger partial charge in [0, 0.05) is 13.1 Å². The van der Waals surface area contributed by atoms with Crippen LogP contribution in [-0.2, 0) is 19.1 Å². The summed E-state index contributed by atoms with van der Waals surface area (Å²) in [6.45, 7) is 4.87. The van der Waals surface area contributed by atoms with Crippen LogP contribution in [0.2, 0.25) is 0 Å². The SMILES string of the molecule is COC(=O)[C@H](CCCCN1CC(O)[C@@H](O)C(O)[C@H]1CO)NC(=O)[C@H](CCCCN1CC(O)[C@@H](O)C(O)[C@H]1CO)NC(=O)OC(C)(C)C. The molecule has 2 rings (SSSR count). The number of amides is 2. The first-order valence-electron chi connectivity index (χ1n) is 16.2. The Hall–Kier alpha value is -2.19. The van der Waals surface area contributed by atoms with E-state index in [1.165, 1.54) is 7.11 Å². The number of ether oxygens (including phenoxy) is 2. The highest BCUT2D eigenvalue weighted by Gasteiger charge is 2.42. The Kier molecular flexibility index (Phi) is 16.7. The van der Waals surface area contributed by atoms with E-state index in [0.29, 0.717) is 38.8 Å². The second-order valence-corrected chi connectivity index (χ2v) is 13.4. The van der Waals surface area contributed by atoms with E-state index in [4.69, 9.17) is 9.47 Å². The van der Waals surface area contributed by atoms with Crippen molar-refractivity contribution in [1.29, 1.82) is 0 Å². The van der Waals surface area contributed by atoms with Gasteiger partial charge in [0.2, 0.25) is 5.91 Å². The maximum Gasteiger partial charge on any atom is 0.408 e. The topological polar surface area (TPSA) is 262 Å². The van der Waals surface area contributed by atoms with Crippen LogP contribution in [0.1, 0.15) is 59.3 Å². The minimum atomic E-state index is -1.38. The van der Waals surface area contributed by atoms with Crippen molar-refractivity contribution in [2.24, 2.45) is 0 Å². The number of piperidine rings is 2. The van der Waals surface area contributed by atoms with E-state index in [0.717, 1.165) is 0 Å². The maximum absolute atomic E-state index is 13.4. The molecule has 0 aromatic rings. The number of carbonyl (C=O) groups excluding carboxylic acids is 3. The van der Waals surface area contributed by atoms with Crippen LogP contribution in [-0.4, -0.2) is 182 Å². The number of aliphatic hydroxyl groups is 8. The minimum Gasteiger partial charge on any atom is -0.467 e. The van der Waals surface area contributed by atoms with Gasteiger partial charge in [-0.25, -0.2) is 9.59 Å². The standard InChI is InChI=1S/C30H56N4O13/c1-30(2,3)47-29(45)32-17(9-5-7-11-33-13-21(37)25(41)23(39)19(33)15-35)27(43)31-18(28(44)46-4)10-6-8-12-34-14-22(38)26(42)24(40)20(34)16-36/h17-26,35-42H,5-16H2,1-4H3,(H,31,43)(H,32,45)/t17-,18-,19+,20+,21?,22?,23?,24?,25+,26+/m0/s1. The van der Waals surface area contributed by atoms with Gasteiger partial charge in [0.15, 0.2) is 0 Å². The summed E-state index contributed by atoms with van der Waals surface area (Å²) in [6, 6.07) is -3.70. The first-order chi connectivity index (χ1) is 22.0. The Bertz CT molecular complexity index is 986. The quantitative estimate of drug-likeness (QED) is 0.0558. The minimum absolute atomic E-state index is 0.0336. The molecule has 47 heavy (non-hydrogen) atoms. The van der Waals surface area contributed by atoms with Crippen molar-refractivity contribution in [1.82, 2.24) is 20.4 Å². The smallest absolute Gasteiger partial charge is 0.408 e. The van der Waals surface area contributed by atoms with E-state index in [1.54, 1.807) is 30.6 Å². The van der Waals surface area contributed by atoms with Gasteiger partial charge in [-0.15, -0.1) is 0 Å². The second-order valence-electron chi connectivity index (χ2n) is 13.4. The molecule has 0 radical (unpaired) electrons. The van der Waals surface area contributed by atoms with Crippen molar-refractivity contribution in [3.8, 4) is 0 Å². The number of nitrogens with one attached hydrogen (secondary N) is 2. The van der Waals surface area contributed by atoms with Crippen LogP contribution in [0.4, 0.5) is 4.79 Å². The molecule has 2 amide bonds. The molecule has 0 bridgehead atoms. The Labute approximate surface area is 275 Å². The van der Waals surface area contributed by atoms with Gasteiger partial charge in [-0.2, -0.15) is 0 Å². The van der Waals surface area contributed by atoms with Crippen LogP contribution >= 0.6 is 0 Å². The molecular formula is C30H56N4O13. The number of alkyl carbamates (subject to hydrolysis) is 1. The molecule has 0 spiro atoms. The fourth-order valence-corrected chi connectivity index (χ4v) is 5.98. The molecule has 0 aromatic carbocycles. The van der Waals surface area contributed by atoms with Crippen LogP contribution in [0.15, 0.2) is 0 Å². The number of unbranched alkanes of at least 4 members (excludes halogenated alkanes) is 2. The number of likely N-dealkylation sites (tertiary alicyclic amines) is 2. The first-order valence-corrected chi connectivity index (χ1v) is 16.2. The van der Waals surface area contributed by atoms with Crippen LogP contribution in [0.5, 0.6) is 0 Å². The van der Waals surface area contributed by atoms with Crippen LogP contribution in [0.25, 0.3) is 0 Å². The van der Waals surface area contributed by atoms with Crippen molar-refractivity contribution >= 4 is 18.0 Å². The molecule has 17 heteroatoms. The number of carbonyl (C=O) groups is 3. The van der Waals surface area contributed by atoms with Gasteiger partial charge < -0.3 is 61.0 Å². The average molecular weight is 681 g/mol. The molecule has 274 valence electrons. The second kappa shape index (κ2) is 19.1. The number of esters is 1.